The van der Waals surface area contributed by atoms with E-state index in [0.717, 1.165) is 24.6 Å². The summed E-state index contributed by atoms with van der Waals surface area (Å²) in [6.07, 6.45) is 0. The summed E-state index contributed by atoms with van der Waals surface area (Å²) < 4.78 is 0. The van der Waals surface area contributed by atoms with Gasteiger partial charge in [-0.2, -0.15) is 0 Å². The zero-order chi connectivity index (χ0) is 13.7. The molecule has 100 valence electrons. The highest BCUT2D eigenvalue weighted by atomic mass is 15.2. The molecule has 0 unspecified atom stereocenters. The number of hydrogen-bond acceptors (Lipinski definition) is 3. The van der Waals surface area contributed by atoms with E-state index in [1.54, 1.807) is 0 Å². The van der Waals surface area contributed by atoms with Crippen LogP contribution in [-0.2, 0) is 0 Å². The van der Waals surface area contributed by atoms with Crippen molar-refractivity contribution in [2.75, 3.05) is 37.0 Å². The van der Waals surface area contributed by atoms with Crippen molar-refractivity contribution < 1.29 is 0 Å². The van der Waals surface area contributed by atoms with Crippen molar-refractivity contribution in [2.24, 2.45) is 0 Å². The first-order valence-electron chi connectivity index (χ1n) is 6.58. The molecule has 0 aliphatic heterocycles. The first kappa shape index (κ1) is 13.4. The molecule has 0 amide bonds. The van der Waals surface area contributed by atoms with E-state index in [1.165, 1.54) is 5.69 Å². The molecular formula is C16H21N3. The largest absolute Gasteiger partial charge is 0.373 e. The van der Waals surface area contributed by atoms with Crippen LogP contribution in [-0.4, -0.2) is 32.2 Å². The molecule has 1 aromatic heterocycles. The molecule has 0 spiro atoms. The van der Waals surface area contributed by atoms with E-state index in [4.69, 9.17) is 0 Å². The van der Waals surface area contributed by atoms with Gasteiger partial charge in [0, 0.05) is 38.6 Å². The molecule has 0 saturated heterocycles. The van der Waals surface area contributed by atoms with Crippen molar-refractivity contribution in [1.29, 1.82) is 0 Å². The minimum absolute atomic E-state index is 0.946. The summed E-state index contributed by atoms with van der Waals surface area (Å²) in [4.78, 5) is 8.97. The molecule has 2 rings (SSSR count). The summed E-state index contributed by atoms with van der Waals surface area (Å²) in [6.45, 7) is 3.94. The number of benzene rings is 1. The van der Waals surface area contributed by atoms with Gasteiger partial charge in [-0.1, -0.05) is 24.3 Å². The molecule has 0 aliphatic rings. The molecule has 1 aromatic carbocycles. The Kier molecular flexibility index (Phi) is 4.39. The predicted octanol–water partition coefficient (Wildman–Crippen LogP) is 2.96. The van der Waals surface area contributed by atoms with Crippen molar-refractivity contribution >= 4 is 11.5 Å². The first-order chi connectivity index (χ1) is 9.16. The summed E-state index contributed by atoms with van der Waals surface area (Å²) >= 11 is 0. The molecule has 3 nitrogen and oxygen atoms in total. The summed E-state index contributed by atoms with van der Waals surface area (Å²) in [5, 5.41) is 0. The van der Waals surface area contributed by atoms with Gasteiger partial charge in [0.15, 0.2) is 0 Å². The third kappa shape index (κ3) is 3.71. The van der Waals surface area contributed by atoms with Gasteiger partial charge in [0.05, 0.1) is 0 Å². The second-order valence-electron chi connectivity index (χ2n) is 4.82. The van der Waals surface area contributed by atoms with Crippen LogP contribution in [0.1, 0.15) is 5.69 Å². The number of pyridine rings is 1. The fourth-order valence-corrected chi connectivity index (χ4v) is 1.97. The molecule has 0 radical (unpaired) electrons. The number of anilines is 2. The molecule has 1 heterocycles. The van der Waals surface area contributed by atoms with E-state index in [-0.39, 0.29) is 0 Å². The van der Waals surface area contributed by atoms with Crippen LogP contribution < -0.4 is 9.80 Å². The number of para-hydroxylation sites is 1. The van der Waals surface area contributed by atoms with Gasteiger partial charge < -0.3 is 9.80 Å². The monoisotopic (exact) mass is 255 g/mol. The van der Waals surface area contributed by atoms with Gasteiger partial charge >= 0.3 is 0 Å². The zero-order valence-electron chi connectivity index (χ0n) is 11.9. The predicted molar refractivity (Wildman–Crippen MR) is 82.0 cm³/mol. The fraction of sp³-hybridized carbons (Fsp3) is 0.312. The van der Waals surface area contributed by atoms with Gasteiger partial charge in [0.1, 0.15) is 5.82 Å². The van der Waals surface area contributed by atoms with Gasteiger partial charge in [-0.25, -0.2) is 4.98 Å². The van der Waals surface area contributed by atoms with E-state index >= 15 is 0 Å². The molecule has 0 aliphatic carbocycles. The molecule has 19 heavy (non-hydrogen) atoms. The Morgan fingerprint density at radius 1 is 0.842 bits per heavy atom. The highest BCUT2D eigenvalue weighted by Gasteiger charge is 2.05. The van der Waals surface area contributed by atoms with Crippen molar-refractivity contribution in [2.45, 2.75) is 6.92 Å². The molecular weight excluding hydrogens is 234 g/mol. The van der Waals surface area contributed by atoms with Crippen LogP contribution in [0.4, 0.5) is 11.5 Å². The smallest absolute Gasteiger partial charge is 0.128 e. The van der Waals surface area contributed by atoms with Crippen LogP contribution in [0.5, 0.6) is 0 Å². The van der Waals surface area contributed by atoms with Crippen molar-refractivity contribution in [3.05, 3.63) is 54.2 Å². The van der Waals surface area contributed by atoms with Gasteiger partial charge in [-0.3, -0.25) is 0 Å². The molecule has 0 saturated carbocycles. The van der Waals surface area contributed by atoms with E-state index in [2.05, 4.69) is 65.3 Å². The van der Waals surface area contributed by atoms with E-state index in [0.29, 0.717) is 0 Å². The number of likely N-dealkylation sites (N-methyl/N-ethyl adjacent to an activating group) is 2. The maximum Gasteiger partial charge on any atom is 0.128 e. The Balaban J connectivity index is 1.92. The molecule has 0 atom stereocenters. The Morgan fingerprint density at radius 2 is 1.53 bits per heavy atom. The second-order valence-corrected chi connectivity index (χ2v) is 4.82. The summed E-state index contributed by atoms with van der Waals surface area (Å²) in [6, 6.07) is 16.6. The Hall–Kier alpha value is -2.03. The lowest BCUT2D eigenvalue weighted by Gasteiger charge is -2.24. The highest BCUT2D eigenvalue weighted by molar-refractivity contribution is 5.45. The van der Waals surface area contributed by atoms with Gasteiger partial charge in [0.25, 0.3) is 0 Å². The number of nitrogens with zero attached hydrogens (tertiary/aromatic N) is 3. The molecule has 2 aromatic rings. The lowest BCUT2D eigenvalue weighted by Crippen LogP contribution is -2.31. The Morgan fingerprint density at radius 3 is 2.21 bits per heavy atom. The second kappa shape index (κ2) is 6.23. The van der Waals surface area contributed by atoms with Gasteiger partial charge in [-0.15, -0.1) is 0 Å². The maximum absolute atomic E-state index is 4.53. The van der Waals surface area contributed by atoms with Crippen LogP contribution in [0.25, 0.3) is 0 Å². The van der Waals surface area contributed by atoms with Crippen LogP contribution in [0, 0.1) is 6.92 Å². The molecule has 3 heteroatoms. The van der Waals surface area contributed by atoms with Crippen LogP contribution >= 0.6 is 0 Å². The number of aryl methyl sites for hydroxylation is 1. The summed E-state index contributed by atoms with van der Waals surface area (Å²) in [5.74, 6) is 1.03. The number of aromatic nitrogens is 1. The Labute approximate surface area is 115 Å². The topological polar surface area (TPSA) is 19.4 Å². The zero-order valence-corrected chi connectivity index (χ0v) is 11.9. The SMILES string of the molecule is Cc1cccc(N(C)CCN(C)c2ccccc2)n1. The summed E-state index contributed by atoms with van der Waals surface area (Å²) in [7, 11) is 4.20. The third-order valence-corrected chi connectivity index (χ3v) is 3.23. The first-order valence-corrected chi connectivity index (χ1v) is 6.58. The number of rotatable bonds is 5. The molecule has 0 bridgehead atoms. The normalized spacial score (nSPS) is 10.3. The molecule has 0 fully saturated rings. The third-order valence-electron chi connectivity index (χ3n) is 3.23. The highest BCUT2D eigenvalue weighted by Crippen LogP contribution is 2.12. The van der Waals surface area contributed by atoms with Crippen LogP contribution in [0.3, 0.4) is 0 Å². The quantitative estimate of drug-likeness (QED) is 0.819. The lowest BCUT2D eigenvalue weighted by atomic mass is 10.3. The van der Waals surface area contributed by atoms with E-state index < -0.39 is 0 Å². The summed E-state index contributed by atoms with van der Waals surface area (Å²) in [5.41, 5.74) is 2.30. The van der Waals surface area contributed by atoms with E-state index in [9.17, 15) is 0 Å². The van der Waals surface area contributed by atoms with Crippen LogP contribution in [0.2, 0.25) is 0 Å². The van der Waals surface area contributed by atoms with Crippen molar-refractivity contribution in [3.8, 4) is 0 Å². The average Bonchev–Trinajstić information content (AvgIpc) is 2.45. The van der Waals surface area contributed by atoms with Crippen molar-refractivity contribution in [3.63, 3.8) is 0 Å². The maximum atomic E-state index is 4.53. The van der Waals surface area contributed by atoms with Gasteiger partial charge in [-0.05, 0) is 31.2 Å². The average molecular weight is 255 g/mol. The van der Waals surface area contributed by atoms with Crippen molar-refractivity contribution in [1.82, 2.24) is 4.98 Å². The minimum atomic E-state index is 0.946. The standard InChI is InChI=1S/C16H21N3/c1-14-8-7-11-16(17-14)19(3)13-12-18(2)15-9-5-4-6-10-15/h4-11H,12-13H2,1-3H3. The number of hydrogen-bond donors (Lipinski definition) is 0. The van der Waals surface area contributed by atoms with Gasteiger partial charge in [0.2, 0.25) is 0 Å². The van der Waals surface area contributed by atoms with Crippen LogP contribution in [0.15, 0.2) is 48.5 Å². The lowest BCUT2D eigenvalue weighted by molar-refractivity contribution is 0.820. The Bertz CT molecular complexity index is 510. The fourth-order valence-electron chi connectivity index (χ4n) is 1.97. The van der Waals surface area contributed by atoms with E-state index in [1.807, 2.05) is 19.1 Å². The molecule has 0 N–H and O–H groups in total. The minimum Gasteiger partial charge on any atom is -0.373 e.